The molecule has 1 heterocycles. The van der Waals surface area contributed by atoms with Crippen LogP contribution in [0.4, 0.5) is 8.78 Å². The molecule has 0 spiro atoms. The Kier molecular flexibility index (Phi) is 10.7. The summed E-state index contributed by atoms with van der Waals surface area (Å²) in [4.78, 5) is 16.9. The summed E-state index contributed by atoms with van der Waals surface area (Å²) in [5.74, 6) is -0.231. The van der Waals surface area contributed by atoms with Gasteiger partial charge in [0.15, 0.2) is 11.9 Å². The molecule has 1 aromatic heterocycles. The summed E-state index contributed by atoms with van der Waals surface area (Å²) < 4.78 is 44.4. The smallest absolute Gasteiger partial charge is 0.251 e. The first kappa shape index (κ1) is 27.8. The van der Waals surface area contributed by atoms with Crippen LogP contribution in [0.5, 0.6) is 5.75 Å². The van der Waals surface area contributed by atoms with Crippen LogP contribution in [-0.2, 0) is 14.3 Å². The van der Waals surface area contributed by atoms with E-state index >= 15 is 4.39 Å². The minimum absolute atomic E-state index is 0.0383. The van der Waals surface area contributed by atoms with Crippen molar-refractivity contribution in [3.8, 4) is 17.0 Å². The number of aromatic nitrogens is 1. The second-order valence-electron chi connectivity index (χ2n) is 7.09. The Balaban J connectivity index is 2.20. The Hall–Kier alpha value is -3.43. The van der Waals surface area contributed by atoms with Crippen LogP contribution in [0, 0.1) is 5.82 Å². The third kappa shape index (κ3) is 7.53. The molecular weight excluding hydrogens is 482 g/mol. The Morgan fingerprint density at radius 2 is 2.06 bits per heavy atom. The number of allylic oxidation sites excluding steroid dienone is 2. The average Bonchev–Trinajstić information content (AvgIpc) is 2.87. The van der Waals surface area contributed by atoms with Crippen LogP contribution >= 0.6 is 11.6 Å². The molecule has 2 aromatic rings. The highest BCUT2D eigenvalue weighted by molar-refractivity contribution is 6.31. The number of carbonyl (C=O) groups excluding carboxylic acids is 1. The van der Waals surface area contributed by atoms with Gasteiger partial charge >= 0.3 is 0 Å². The van der Waals surface area contributed by atoms with Gasteiger partial charge in [-0.3, -0.25) is 4.79 Å². The van der Waals surface area contributed by atoms with Crippen LogP contribution in [0.2, 0.25) is 5.02 Å². The SMILES string of the molecule is C=C/C(=C\C(OC)=C(/C)OCCO)C(=O)NCC(F)c1ccc(OC)c(-c2ccc(F)c(Cl)c2)n1. The van der Waals surface area contributed by atoms with Gasteiger partial charge in [-0.2, -0.15) is 0 Å². The minimum atomic E-state index is -1.65. The Bertz CT molecular complexity index is 1120. The highest BCUT2D eigenvalue weighted by Gasteiger charge is 2.18. The molecule has 1 aromatic carbocycles. The molecule has 1 unspecified atom stereocenters. The Morgan fingerprint density at radius 3 is 2.66 bits per heavy atom. The van der Waals surface area contributed by atoms with Gasteiger partial charge in [-0.15, -0.1) is 0 Å². The van der Waals surface area contributed by atoms with Crippen molar-refractivity contribution in [2.45, 2.75) is 13.1 Å². The number of carbonyl (C=O) groups is 1. The molecule has 0 saturated heterocycles. The second-order valence-corrected chi connectivity index (χ2v) is 7.50. The lowest BCUT2D eigenvalue weighted by molar-refractivity contribution is -0.117. The topological polar surface area (TPSA) is 89.9 Å². The highest BCUT2D eigenvalue weighted by Crippen LogP contribution is 2.32. The fraction of sp³-hybridized carbons (Fsp3) is 0.280. The number of aliphatic hydroxyl groups excluding tert-OH is 1. The minimum Gasteiger partial charge on any atom is -0.494 e. The molecule has 0 saturated carbocycles. The van der Waals surface area contributed by atoms with Crippen molar-refractivity contribution in [2.24, 2.45) is 0 Å². The van der Waals surface area contributed by atoms with Crippen LogP contribution < -0.4 is 10.1 Å². The normalized spacial score (nSPS) is 12.9. The average molecular weight is 509 g/mol. The Morgan fingerprint density at radius 1 is 1.31 bits per heavy atom. The maximum atomic E-state index is 15.0. The van der Waals surface area contributed by atoms with Gasteiger partial charge in [0.1, 0.15) is 29.6 Å². The van der Waals surface area contributed by atoms with Gasteiger partial charge in [0.05, 0.1) is 38.1 Å². The predicted octanol–water partition coefficient (Wildman–Crippen LogP) is 4.68. The van der Waals surface area contributed by atoms with Crippen molar-refractivity contribution in [2.75, 3.05) is 34.0 Å². The van der Waals surface area contributed by atoms with E-state index in [1.807, 2.05) is 0 Å². The zero-order valence-electron chi connectivity index (χ0n) is 19.6. The summed E-state index contributed by atoms with van der Waals surface area (Å²) >= 11 is 5.87. The molecule has 188 valence electrons. The maximum absolute atomic E-state index is 15.0. The quantitative estimate of drug-likeness (QED) is 0.246. The summed E-state index contributed by atoms with van der Waals surface area (Å²) in [5.41, 5.74) is 0.878. The molecule has 7 nitrogen and oxygen atoms in total. The van der Waals surface area contributed by atoms with E-state index in [0.717, 1.165) is 0 Å². The van der Waals surface area contributed by atoms with E-state index in [1.54, 1.807) is 6.92 Å². The van der Waals surface area contributed by atoms with E-state index < -0.39 is 17.9 Å². The largest absolute Gasteiger partial charge is 0.494 e. The van der Waals surface area contributed by atoms with Gasteiger partial charge in [-0.05, 0) is 43.3 Å². The van der Waals surface area contributed by atoms with Gasteiger partial charge in [0, 0.05) is 11.1 Å². The molecule has 0 radical (unpaired) electrons. The van der Waals surface area contributed by atoms with E-state index in [2.05, 4.69) is 16.9 Å². The number of halogens is 3. The van der Waals surface area contributed by atoms with E-state index in [-0.39, 0.29) is 47.5 Å². The van der Waals surface area contributed by atoms with Gasteiger partial charge < -0.3 is 24.6 Å². The summed E-state index contributed by atoms with van der Waals surface area (Å²) in [6.45, 7) is 4.73. The number of methoxy groups -OCH3 is 2. The predicted molar refractivity (Wildman–Crippen MR) is 129 cm³/mol. The Labute approximate surface area is 207 Å². The number of ether oxygens (including phenoxy) is 3. The van der Waals surface area contributed by atoms with Gasteiger partial charge in [-0.1, -0.05) is 24.3 Å². The van der Waals surface area contributed by atoms with Crippen molar-refractivity contribution in [3.05, 3.63) is 82.7 Å². The number of hydrogen-bond donors (Lipinski definition) is 2. The van der Waals surface area contributed by atoms with E-state index in [0.29, 0.717) is 17.1 Å². The first-order valence-corrected chi connectivity index (χ1v) is 10.9. The van der Waals surface area contributed by atoms with Crippen LogP contribution in [0.25, 0.3) is 11.3 Å². The van der Waals surface area contributed by atoms with Crippen LogP contribution in [-0.4, -0.2) is 50.0 Å². The maximum Gasteiger partial charge on any atom is 0.251 e. The van der Waals surface area contributed by atoms with Crippen molar-refractivity contribution in [3.63, 3.8) is 0 Å². The molecule has 0 aliphatic heterocycles. The first-order chi connectivity index (χ1) is 16.7. The third-order valence-electron chi connectivity index (χ3n) is 4.80. The summed E-state index contributed by atoms with van der Waals surface area (Å²) in [5, 5.41) is 11.3. The van der Waals surface area contributed by atoms with Crippen LogP contribution in [0.1, 0.15) is 18.8 Å². The number of aliphatic hydroxyl groups is 1. The lowest BCUT2D eigenvalue weighted by atomic mass is 10.1. The van der Waals surface area contributed by atoms with Crippen molar-refractivity contribution in [1.29, 1.82) is 0 Å². The molecule has 0 fully saturated rings. The standard InChI is InChI=1S/C25H27ClF2N2O5/c1-5-16(13-23(34-4)15(2)35-11-10-31)25(32)29-14-20(28)21-8-9-22(33-3)24(30-21)17-6-7-19(27)18(26)12-17/h5-9,12-13,20,31H,1,10-11,14H2,2-4H3,(H,29,32)/b16-13+,23-15-. The molecule has 0 aliphatic rings. The van der Waals surface area contributed by atoms with Crippen molar-refractivity contribution < 1.29 is 32.9 Å². The third-order valence-corrected chi connectivity index (χ3v) is 5.09. The van der Waals surface area contributed by atoms with E-state index in [9.17, 15) is 9.18 Å². The van der Waals surface area contributed by atoms with Crippen LogP contribution in [0.15, 0.2) is 66.2 Å². The van der Waals surface area contributed by atoms with Crippen molar-refractivity contribution in [1.82, 2.24) is 10.3 Å². The van der Waals surface area contributed by atoms with Gasteiger partial charge in [0.2, 0.25) is 0 Å². The highest BCUT2D eigenvalue weighted by atomic mass is 35.5. The van der Waals surface area contributed by atoms with Gasteiger partial charge in [0.25, 0.3) is 5.91 Å². The number of rotatable bonds is 12. The monoisotopic (exact) mass is 508 g/mol. The molecule has 2 rings (SSSR count). The second kappa shape index (κ2) is 13.5. The molecule has 1 atom stereocenters. The number of nitrogens with one attached hydrogen (secondary N) is 1. The number of hydrogen-bond acceptors (Lipinski definition) is 6. The lowest BCUT2D eigenvalue weighted by Crippen LogP contribution is -2.28. The number of amides is 1. The molecule has 2 N–H and O–H groups in total. The summed E-state index contributed by atoms with van der Waals surface area (Å²) in [7, 11) is 2.83. The zero-order chi connectivity index (χ0) is 26.0. The van der Waals surface area contributed by atoms with Crippen molar-refractivity contribution >= 4 is 17.5 Å². The molecule has 0 bridgehead atoms. The first-order valence-electron chi connectivity index (χ1n) is 10.5. The molecule has 1 amide bonds. The molecule has 35 heavy (non-hydrogen) atoms. The fourth-order valence-electron chi connectivity index (χ4n) is 2.97. The summed E-state index contributed by atoms with van der Waals surface area (Å²) in [6.07, 6.45) is 1.03. The van der Waals surface area contributed by atoms with E-state index in [1.165, 1.54) is 56.7 Å². The molecular formula is C25H27ClF2N2O5. The zero-order valence-corrected chi connectivity index (χ0v) is 20.4. The van der Waals surface area contributed by atoms with Crippen LogP contribution in [0.3, 0.4) is 0 Å². The van der Waals surface area contributed by atoms with Gasteiger partial charge in [-0.25, -0.2) is 13.8 Å². The number of alkyl halides is 1. The summed E-state index contributed by atoms with van der Waals surface area (Å²) in [6, 6.07) is 6.97. The molecule has 10 heteroatoms. The number of benzene rings is 1. The fourth-order valence-corrected chi connectivity index (χ4v) is 3.15. The van der Waals surface area contributed by atoms with E-state index in [4.69, 9.17) is 30.9 Å². The number of pyridine rings is 1. The number of nitrogens with zero attached hydrogens (tertiary/aromatic N) is 1. The lowest BCUT2D eigenvalue weighted by Gasteiger charge is -2.14. The molecule has 0 aliphatic carbocycles.